The minimum absolute atomic E-state index is 0.00542. The summed E-state index contributed by atoms with van der Waals surface area (Å²) >= 11 is 1.60. The number of anilines is 1. The van der Waals surface area contributed by atoms with E-state index in [-0.39, 0.29) is 6.61 Å². The van der Waals surface area contributed by atoms with E-state index in [4.69, 9.17) is 0 Å². The highest BCUT2D eigenvalue weighted by atomic mass is 32.1. The van der Waals surface area contributed by atoms with E-state index in [1.165, 1.54) is 11.3 Å². The van der Waals surface area contributed by atoms with E-state index in [9.17, 15) is 5.11 Å². The van der Waals surface area contributed by atoms with Gasteiger partial charge in [0.2, 0.25) is 0 Å². The summed E-state index contributed by atoms with van der Waals surface area (Å²) in [4.78, 5) is 6.79. The van der Waals surface area contributed by atoms with Crippen molar-refractivity contribution in [1.82, 2.24) is 15.2 Å². The monoisotopic (exact) mass is 326 g/mol. The Bertz CT molecular complexity index is 796. The second-order valence-electron chi connectivity index (χ2n) is 5.66. The highest BCUT2D eigenvalue weighted by molar-refractivity contribution is 7.13. The maximum atomic E-state index is 9.19. The SMILES string of the molecule is OCc1csc(N2CCc3[nH]nc(-c4ccccc4)c3CC2)n1. The lowest BCUT2D eigenvalue weighted by molar-refractivity contribution is 0.277. The zero-order valence-corrected chi connectivity index (χ0v) is 13.5. The molecule has 0 spiro atoms. The molecule has 3 aromatic rings. The highest BCUT2D eigenvalue weighted by Gasteiger charge is 2.21. The second-order valence-corrected chi connectivity index (χ2v) is 6.50. The number of aromatic amines is 1. The fourth-order valence-electron chi connectivity index (χ4n) is 3.02. The molecule has 0 amide bonds. The average molecular weight is 326 g/mol. The van der Waals surface area contributed by atoms with Crippen LogP contribution in [0.4, 0.5) is 5.13 Å². The van der Waals surface area contributed by atoms with Crippen LogP contribution in [-0.4, -0.2) is 33.4 Å². The predicted octanol–water partition coefficient (Wildman–Crippen LogP) is 2.63. The Morgan fingerprint density at radius 3 is 2.78 bits per heavy atom. The van der Waals surface area contributed by atoms with Crippen molar-refractivity contribution in [3.63, 3.8) is 0 Å². The van der Waals surface area contributed by atoms with Gasteiger partial charge in [-0.25, -0.2) is 4.98 Å². The van der Waals surface area contributed by atoms with Gasteiger partial charge < -0.3 is 10.0 Å². The first-order chi connectivity index (χ1) is 11.3. The molecular weight excluding hydrogens is 308 g/mol. The zero-order chi connectivity index (χ0) is 15.6. The molecule has 23 heavy (non-hydrogen) atoms. The molecule has 1 aliphatic heterocycles. The van der Waals surface area contributed by atoms with Crippen molar-refractivity contribution < 1.29 is 5.11 Å². The van der Waals surface area contributed by atoms with Gasteiger partial charge in [-0.3, -0.25) is 5.10 Å². The summed E-state index contributed by atoms with van der Waals surface area (Å²) in [5, 5.41) is 19.9. The molecule has 2 aromatic heterocycles. The van der Waals surface area contributed by atoms with Crippen molar-refractivity contribution in [3.8, 4) is 11.3 Å². The number of nitrogens with one attached hydrogen (secondary N) is 1. The van der Waals surface area contributed by atoms with Crippen molar-refractivity contribution >= 4 is 16.5 Å². The molecule has 0 atom stereocenters. The molecule has 2 N–H and O–H groups in total. The zero-order valence-electron chi connectivity index (χ0n) is 12.7. The molecule has 1 aliphatic rings. The number of aromatic nitrogens is 3. The average Bonchev–Trinajstić information content (AvgIpc) is 3.18. The van der Waals surface area contributed by atoms with Gasteiger partial charge in [0, 0.05) is 41.7 Å². The van der Waals surface area contributed by atoms with E-state index >= 15 is 0 Å². The number of H-pyrrole nitrogens is 1. The lowest BCUT2D eigenvalue weighted by Crippen LogP contribution is -2.26. The van der Waals surface area contributed by atoms with Crippen molar-refractivity contribution in [1.29, 1.82) is 0 Å². The molecule has 5 nitrogen and oxygen atoms in total. The fraction of sp³-hybridized carbons (Fsp3) is 0.294. The van der Waals surface area contributed by atoms with Gasteiger partial charge in [0.15, 0.2) is 5.13 Å². The number of rotatable bonds is 3. The van der Waals surface area contributed by atoms with E-state index in [0.717, 1.165) is 48.0 Å². The summed E-state index contributed by atoms with van der Waals surface area (Å²) in [5.41, 5.74) is 5.52. The standard InChI is InChI=1S/C17H18N4OS/c22-10-13-11-23-17(18-13)21-8-6-14-15(7-9-21)19-20-16(14)12-4-2-1-3-5-12/h1-5,11,22H,6-10H2,(H,19,20). The number of aliphatic hydroxyl groups is 1. The van der Waals surface area contributed by atoms with Gasteiger partial charge in [-0.2, -0.15) is 5.10 Å². The summed E-state index contributed by atoms with van der Waals surface area (Å²) in [6.07, 6.45) is 1.88. The Hall–Kier alpha value is -2.18. The van der Waals surface area contributed by atoms with Gasteiger partial charge in [0.1, 0.15) is 0 Å². The summed E-state index contributed by atoms with van der Waals surface area (Å²) in [6.45, 7) is 1.85. The smallest absolute Gasteiger partial charge is 0.185 e. The fourth-order valence-corrected chi connectivity index (χ4v) is 3.89. The van der Waals surface area contributed by atoms with Crippen LogP contribution in [0.2, 0.25) is 0 Å². The molecular formula is C17H18N4OS. The maximum Gasteiger partial charge on any atom is 0.185 e. The molecule has 0 saturated heterocycles. The number of thiazole rings is 1. The highest BCUT2D eigenvalue weighted by Crippen LogP contribution is 2.29. The van der Waals surface area contributed by atoms with Crippen LogP contribution in [-0.2, 0) is 19.4 Å². The number of hydrogen-bond acceptors (Lipinski definition) is 5. The molecule has 1 aromatic carbocycles. The third-order valence-electron chi connectivity index (χ3n) is 4.24. The van der Waals surface area contributed by atoms with Crippen LogP contribution in [0.3, 0.4) is 0 Å². The van der Waals surface area contributed by atoms with Crippen molar-refractivity contribution in [3.05, 3.63) is 52.7 Å². The van der Waals surface area contributed by atoms with Gasteiger partial charge in [0.05, 0.1) is 18.0 Å². The molecule has 6 heteroatoms. The molecule has 0 saturated carbocycles. The first-order valence-electron chi connectivity index (χ1n) is 7.77. The van der Waals surface area contributed by atoms with Crippen LogP contribution < -0.4 is 4.90 Å². The van der Waals surface area contributed by atoms with E-state index in [0.29, 0.717) is 0 Å². The quantitative estimate of drug-likeness (QED) is 0.776. The van der Waals surface area contributed by atoms with Crippen molar-refractivity contribution in [2.24, 2.45) is 0 Å². The lowest BCUT2D eigenvalue weighted by Gasteiger charge is -2.18. The Balaban J connectivity index is 1.59. The van der Waals surface area contributed by atoms with E-state index in [1.54, 1.807) is 11.3 Å². The van der Waals surface area contributed by atoms with Gasteiger partial charge in [-0.15, -0.1) is 11.3 Å². The third kappa shape index (κ3) is 2.75. The van der Waals surface area contributed by atoms with Gasteiger partial charge >= 0.3 is 0 Å². The number of hydrogen-bond donors (Lipinski definition) is 2. The van der Waals surface area contributed by atoms with Crippen LogP contribution in [0, 0.1) is 0 Å². The first kappa shape index (κ1) is 14.4. The normalized spacial score (nSPS) is 14.6. The van der Waals surface area contributed by atoms with Crippen LogP contribution in [0.25, 0.3) is 11.3 Å². The molecule has 0 bridgehead atoms. The predicted molar refractivity (Wildman–Crippen MR) is 91.7 cm³/mol. The van der Waals surface area contributed by atoms with E-state index in [1.807, 2.05) is 23.6 Å². The largest absolute Gasteiger partial charge is 0.390 e. The van der Waals surface area contributed by atoms with Gasteiger partial charge in [-0.05, 0) is 6.42 Å². The maximum absolute atomic E-state index is 9.19. The van der Waals surface area contributed by atoms with Crippen LogP contribution >= 0.6 is 11.3 Å². The van der Waals surface area contributed by atoms with Crippen LogP contribution in [0.1, 0.15) is 17.0 Å². The number of benzene rings is 1. The molecule has 4 rings (SSSR count). The first-order valence-corrected chi connectivity index (χ1v) is 8.65. The van der Waals surface area contributed by atoms with E-state index in [2.05, 4.69) is 32.2 Å². The van der Waals surface area contributed by atoms with Gasteiger partial charge in [-0.1, -0.05) is 30.3 Å². The minimum atomic E-state index is 0.00542. The van der Waals surface area contributed by atoms with Gasteiger partial charge in [0.25, 0.3) is 0 Å². The molecule has 118 valence electrons. The number of fused-ring (bicyclic) bond motifs is 1. The number of nitrogens with zero attached hydrogens (tertiary/aromatic N) is 3. The third-order valence-corrected chi connectivity index (χ3v) is 5.19. The van der Waals surface area contributed by atoms with Crippen molar-refractivity contribution in [2.75, 3.05) is 18.0 Å². The Labute approximate surface area is 138 Å². The molecule has 0 radical (unpaired) electrons. The van der Waals surface area contributed by atoms with Crippen LogP contribution in [0.15, 0.2) is 35.7 Å². The van der Waals surface area contributed by atoms with Crippen molar-refractivity contribution in [2.45, 2.75) is 19.4 Å². The summed E-state index contributed by atoms with van der Waals surface area (Å²) in [7, 11) is 0. The topological polar surface area (TPSA) is 65.0 Å². The van der Waals surface area contributed by atoms with Crippen LogP contribution in [0.5, 0.6) is 0 Å². The number of aliphatic hydroxyl groups excluding tert-OH is 1. The molecule has 0 fully saturated rings. The minimum Gasteiger partial charge on any atom is -0.390 e. The molecule has 3 heterocycles. The Morgan fingerprint density at radius 1 is 1.17 bits per heavy atom. The lowest BCUT2D eigenvalue weighted by atomic mass is 10.0. The molecule has 0 unspecified atom stereocenters. The summed E-state index contributed by atoms with van der Waals surface area (Å²) in [5.74, 6) is 0. The second kappa shape index (κ2) is 6.14. The Kier molecular flexibility index (Phi) is 3.85. The summed E-state index contributed by atoms with van der Waals surface area (Å²) < 4.78 is 0. The Morgan fingerprint density at radius 2 is 2.00 bits per heavy atom. The molecule has 0 aliphatic carbocycles. The van der Waals surface area contributed by atoms with E-state index < -0.39 is 0 Å². The summed E-state index contributed by atoms with van der Waals surface area (Å²) in [6, 6.07) is 10.3.